The first-order valence-corrected chi connectivity index (χ1v) is 6.09. The highest BCUT2D eigenvalue weighted by atomic mass is 16.5. The monoisotopic (exact) mass is 247 g/mol. The van der Waals surface area contributed by atoms with Crippen molar-refractivity contribution in [3.05, 3.63) is 29.8 Å². The molecule has 0 unspecified atom stereocenters. The van der Waals surface area contributed by atoms with E-state index >= 15 is 0 Å². The maximum atomic E-state index is 10.3. The number of hydrogen-bond acceptors (Lipinski definition) is 3. The van der Waals surface area contributed by atoms with E-state index in [1.807, 2.05) is 24.3 Å². The van der Waals surface area contributed by atoms with Crippen LogP contribution >= 0.6 is 0 Å². The van der Waals surface area contributed by atoms with Crippen molar-refractivity contribution in [2.45, 2.75) is 25.7 Å². The molecular weight excluding hydrogens is 229 g/mol. The van der Waals surface area contributed by atoms with Gasteiger partial charge >= 0.3 is 5.97 Å². The average Bonchev–Trinajstić information content (AvgIpc) is 2.35. The molecular formula is C13H18BNO3. The summed E-state index contributed by atoms with van der Waals surface area (Å²) in [6, 6.07) is 7.85. The largest absolute Gasteiger partial charge is 0.494 e. The summed E-state index contributed by atoms with van der Waals surface area (Å²) in [4.78, 5) is 10.3. The predicted molar refractivity (Wildman–Crippen MR) is 70.9 cm³/mol. The number of hydrogen-bond donors (Lipinski definition) is 2. The van der Waals surface area contributed by atoms with Crippen LogP contribution in [-0.2, 0) is 11.2 Å². The van der Waals surface area contributed by atoms with Gasteiger partial charge in [0.1, 0.15) is 5.75 Å². The van der Waals surface area contributed by atoms with E-state index in [1.54, 1.807) is 0 Å². The Labute approximate surface area is 109 Å². The van der Waals surface area contributed by atoms with Crippen LogP contribution in [0.15, 0.2) is 24.3 Å². The summed E-state index contributed by atoms with van der Waals surface area (Å²) in [5.74, 6) is 0.000215. The van der Waals surface area contributed by atoms with Crippen molar-refractivity contribution in [1.29, 1.82) is 0 Å². The molecule has 1 rings (SSSR count). The minimum absolute atomic E-state index is 0.141. The minimum Gasteiger partial charge on any atom is -0.494 e. The van der Waals surface area contributed by atoms with E-state index < -0.39 is 5.97 Å². The lowest BCUT2D eigenvalue weighted by atomic mass is 10.1. The van der Waals surface area contributed by atoms with Gasteiger partial charge in [-0.1, -0.05) is 12.1 Å². The van der Waals surface area contributed by atoms with Gasteiger partial charge in [0.05, 0.1) is 6.61 Å². The van der Waals surface area contributed by atoms with Crippen LogP contribution in [0.5, 0.6) is 5.75 Å². The fourth-order valence-electron chi connectivity index (χ4n) is 1.60. The fourth-order valence-corrected chi connectivity index (χ4v) is 1.60. The van der Waals surface area contributed by atoms with Crippen molar-refractivity contribution >= 4 is 14.0 Å². The molecule has 0 aliphatic carbocycles. The van der Waals surface area contributed by atoms with Crippen molar-refractivity contribution in [3.8, 4) is 5.75 Å². The molecule has 0 saturated heterocycles. The van der Waals surface area contributed by atoms with Crippen molar-refractivity contribution < 1.29 is 14.6 Å². The van der Waals surface area contributed by atoms with E-state index in [0.717, 1.165) is 25.1 Å². The SMILES string of the molecule is [B]NCCCc1cccc(OCCCC(=O)O)c1. The summed E-state index contributed by atoms with van der Waals surface area (Å²) in [6.07, 6.45) is 2.58. The highest BCUT2D eigenvalue weighted by Crippen LogP contribution is 2.15. The number of carboxylic acids is 1. The van der Waals surface area contributed by atoms with Gasteiger partial charge in [-0.2, -0.15) is 0 Å². The van der Waals surface area contributed by atoms with Gasteiger partial charge in [-0.25, -0.2) is 0 Å². The maximum Gasteiger partial charge on any atom is 0.303 e. The van der Waals surface area contributed by atoms with Crippen molar-refractivity contribution in [2.24, 2.45) is 0 Å². The normalized spacial score (nSPS) is 10.2. The molecule has 0 amide bonds. The highest BCUT2D eigenvalue weighted by Gasteiger charge is 1.99. The predicted octanol–water partition coefficient (Wildman–Crippen LogP) is 1.54. The van der Waals surface area contributed by atoms with Crippen LogP contribution in [-0.4, -0.2) is 32.2 Å². The minimum atomic E-state index is -0.790. The summed E-state index contributed by atoms with van der Waals surface area (Å²) >= 11 is 0. The molecule has 1 aromatic carbocycles. The number of carbonyl (C=O) groups is 1. The summed E-state index contributed by atoms with van der Waals surface area (Å²) in [5.41, 5.74) is 1.20. The molecule has 0 heterocycles. The molecule has 5 heteroatoms. The van der Waals surface area contributed by atoms with Gasteiger partial charge in [0, 0.05) is 6.42 Å². The summed E-state index contributed by atoms with van der Waals surface area (Å²) < 4.78 is 5.50. The van der Waals surface area contributed by atoms with Crippen molar-refractivity contribution in [2.75, 3.05) is 13.2 Å². The molecule has 1 aromatic rings. The first kappa shape index (κ1) is 14.6. The zero-order chi connectivity index (χ0) is 13.2. The first-order valence-electron chi connectivity index (χ1n) is 6.09. The fraction of sp³-hybridized carbons (Fsp3) is 0.462. The molecule has 2 radical (unpaired) electrons. The number of carboxylic acid groups (broad SMARTS) is 1. The summed E-state index contributed by atoms with van der Waals surface area (Å²) in [7, 11) is 5.21. The second kappa shape index (κ2) is 8.58. The van der Waals surface area contributed by atoms with Crippen LogP contribution in [0.3, 0.4) is 0 Å². The van der Waals surface area contributed by atoms with E-state index in [-0.39, 0.29) is 6.42 Å². The number of aliphatic carboxylic acids is 1. The molecule has 0 saturated carbocycles. The van der Waals surface area contributed by atoms with Crippen LogP contribution in [0.2, 0.25) is 0 Å². The van der Waals surface area contributed by atoms with E-state index in [4.69, 9.17) is 17.8 Å². The maximum absolute atomic E-state index is 10.3. The Morgan fingerprint density at radius 3 is 2.94 bits per heavy atom. The molecule has 0 atom stereocenters. The van der Waals surface area contributed by atoms with Crippen LogP contribution < -0.4 is 9.96 Å². The lowest BCUT2D eigenvalue weighted by molar-refractivity contribution is -0.137. The lowest BCUT2D eigenvalue weighted by Gasteiger charge is -2.07. The van der Waals surface area contributed by atoms with E-state index in [2.05, 4.69) is 5.23 Å². The third-order valence-corrected chi connectivity index (χ3v) is 2.49. The number of ether oxygens (including phenoxy) is 1. The van der Waals surface area contributed by atoms with Gasteiger partial charge in [-0.05, 0) is 43.5 Å². The summed E-state index contributed by atoms with van der Waals surface area (Å²) in [6.45, 7) is 1.21. The van der Waals surface area contributed by atoms with Crippen molar-refractivity contribution in [3.63, 3.8) is 0 Å². The molecule has 96 valence electrons. The lowest BCUT2D eigenvalue weighted by Crippen LogP contribution is -2.10. The molecule has 4 nitrogen and oxygen atoms in total. The van der Waals surface area contributed by atoms with E-state index in [0.29, 0.717) is 13.0 Å². The molecule has 18 heavy (non-hydrogen) atoms. The van der Waals surface area contributed by atoms with Gasteiger partial charge in [0.15, 0.2) is 7.98 Å². The second-order valence-corrected chi connectivity index (χ2v) is 4.05. The van der Waals surface area contributed by atoms with Gasteiger partial charge in [0.2, 0.25) is 0 Å². The highest BCUT2D eigenvalue weighted by molar-refractivity contribution is 6.04. The molecule has 0 fully saturated rings. The average molecular weight is 247 g/mol. The van der Waals surface area contributed by atoms with E-state index in [1.165, 1.54) is 5.56 Å². The Morgan fingerprint density at radius 1 is 1.39 bits per heavy atom. The molecule has 0 aliphatic heterocycles. The topological polar surface area (TPSA) is 58.6 Å². The first-order chi connectivity index (χ1) is 8.72. The number of aryl methyl sites for hydroxylation is 1. The van der Waals surface area contributed by atoms with Crippen LogP contribution in [0, 0.1) is 0 Å². The Balaban J connectivity index is 2.32. The van der Waals surface area contributed by atoms with E-state index in [9.17, 15) is 4.79 Å². The Bertz CT molecular complexity index is 371. The number of rotatable bonds is 9. The van der Waals surface area contributed by atoms with Crippen LogP contribution in [0.25, 0.3) is 0 Å². The Morgan fingerprint density at radius 2 is 2.22 bits per heavy atom. The molecule has 0 spiro atoms. The van der Waals surface area contributed by atoms with Gasteiger partial charge in [-0.15, -0.1) is 0 Å². The standard InChI is InChI=1S/C13H18BNO3/c14-15-8-2-5-11-4-1-6-12(10-11)18-9-3-7-13(16)17/h1,4,6,10,15H,2-3,5,7-9H2,(H,16,17). The zero-order valence-corrected chi connectivity index (χ0v) is 10.4. The molecule has 0 aliphatic rings. The van der Waals surface area contributed by atoms with Crippen LogP contribution in [0.4, 0.5) is 0 Å². The van der Waals surface area contributed by atoms with Gasteiger partial charge < -0.3 is 15.1 Å². The molecule has 0 bridgehead atoms. The number of nitrogens with one attached hydrogen (secondary N) is 1. The van der Waals surface area contributed by atoms with Gasteiger partial charge in [-0.3, -0.25) is 4.79 Å². The second-order valence-electron chi connectivity index (χ2n) is 4.05. The smallest absolute Gasteiger partial charge is 0.303 e. The molecule has 0 aromatic heterocycles. The van der Waals surface area contributed by atoms with Crippen molar-refractivity contribution in [1.82, 2.24) is 5.23 Å². The van der Waals surface area contributed by atoms with Crippen LogP contribution in [0.1, 0.15) is 24.8 Å². The zero-order valence-electron chi connectivity index (χ0n) is 10.4. The third-order valence-electron chi connectivity index (χ3n) is 2.49. The molecule has 2 N–H and O–H groups in total. The quantitative estimate of drug-likeness (QED) is 0.513. The summed E-state index contributed by atoms with van der Waals surface area (Å²) in [5, 5.41) is 11.1. The Kier molecular flexibility index (Phi) is 6.95. The Hall–Kier alpha value is -1.49. The third kappa shape index (κ3) is 6.30. The van der Waals surface area contributed by atoms with Gasteiger partial charge in [0.25, 0.3) is 0 Å². The number of benzene rings is 1.